The molecule has 0 amide bonds. The number of benzene rings is 1. The molecule has 0 nitrogen and oxygen atoms in total. The fraction of sp³-hybridized carbons (Fsp3) is 0.286. The molecule has 0 N–H and O–H groups in total. The highest BCUT2D eigenvalue weighted by molar-refractivity contribution is 7.10. The molecule has 0 aliphatic carbocycles. The van der Waals surface area contributed by atoms with E-state index in [1.165, 1.54) is 16.0 Å². The van der Waals surface area contributed by atoms with Crippen molar-refractivity contribution in [2.24, 2.45) is 0 Å². The molecule has 78 valence electrons. The molecule has 0 saturated heterocycles. The zero-order chi connectivity index (χ0) is 10.7. The Morgan fingerprint density at radius 3 is 2.40 bits per heavy atom. The molecular formula is C14H16S. The van der Waals surface area contributed by atoms with Crippen LogP contribution in [0.25, 0.3) is 0 Å². The van der Waals surface area contributed by atoms with Gasteiger partial charge in [0.15, 0.2) is 0 Å². The van der Waals surface area contributed by atoms with E-state index in [0.29, 0.717) is 5.92 Å². The molecule has 0 spiro atoms. The average molecular weight is 216 g/mol. The van der Waals surface area contributed by atoms with Crippen molar-refractivity contribution in [1.29, 1.82) is 0 Å². The summed E-state index contributed by atoms with van der Waals surface area (Å²) in [6, 6.07) is 13.0. The average Bonchev–Trinajstić information content (AvgIpc) is 2.68. The molecule has 2 aromatic rings. The molecule has 0 unspecified atom stereocenters. The summed E-state index contributed by atoms with van der Waals surface area (Å²) in [6.07, 6.45) is 1.06. The van der Waals surface area contributed by atoms with Gasteiger partial charge in [-0.1, -0.05) is 44.2 Å². The van der Waals surface area contributed by atoms with Gasteiger partial charge in [0.1, 0.15) is 0 Å². The second kappa shape index (κ2) is 4.63. The molecule has 1 heterocycles. The topological polar surface area (TPSA) is 0 Å². The van der Waals surface area contributed by atoms with E-state index in [0.717, 1.165) is 6.42 Å². The van der Waals surface area contributed by atoms with Gasteiger partial charge in [0, 0.05) is 4.88 Å². The van der Waals surface area contributed by atoms with Crippen molar-refractivity contribution in [1.82, 2.24) is 0 Å². The molecular weight excluding hydrogens is 200 g/mol. The summed E-state index contributed by atoms with van der Waals surface area (Å²) in [4.78, 5) is 1.49. The second-order valence-corrected chi connectivity index (χ2v) is 5.12. The number of hydrogen-bond donors (Lipinski definition) is 0. The van der Waals surface area contributed by atoms with Crippen LogP contribution in [0.1, 0.15) is 35.8 Å². The van der Waals surface area contributed by atoms with E-state index in [1.54, 1.807) is 0 Å². The highest BCUT2D eigenvalue weighted by Crippen LogP contribution is 2.24. The van der Waals surface area contributed by atoms with Gasteiger partial charge >= 0.3 is 0 Å². The summed E-state index contributed by atoms with van der Waals surface area (Å²) in [7, 11) is 0. The van der Waals surface area contributed by atoms with Crippen LogP contribution in [0.5, 0.6) is 0 Å². The lowest BCUT2D eigenvalue weighted by molar-refractivity contribution is 0.888. The highest BCUT2D eigenvalue weighted by Gasteiger charge is 2.03. The first-order valence-corrected chi connectivity index (χ1v) is 6.25. The molecule has 0 saturated carbocycles. The zero-order valence-electron chi connectivity index (χ0n) is 9.23. The van der Waals surface area contributed by atoms with E-state index in [9.17, 15) is 0 Å². The Morgan fingerprint density at radius 2 is 1.80 bits per heavy atom. The van der Waals surface area contributed by atoms with Crippen LogP contribution in [0.2, 0.25) is 0 Å². The minimum atomic E-state index is 0.652. The van der Waals surface area contributed by atoms with Crippen molar-refractivity contribution in [2.45, 2.75) is 26.2 Å². The van der Waals surface area contributed by atoms with Crippen LogP contribution in [0, 0.1) is 0 Å². The molecule has 1 aromatic carbocycles. The lowest BCUT2D eigenvalue weighted by Crippen LogP contribution is -1.85. The second-order valence-electron chi connectivity index (χ2n) is 4.17. The maximum absolute atomic E-state index is 2.34. The van der Waals surface area contributed by atoms with E-state index in [1.807, 2.05) is 11.3 Å². The van der Waals surface area contributed by atoms with Crippen LogP contribution in [-0.4, -0.2) is 0 Å². The number of hydrogen-bond acceptors (Lipinski definition) is 1. The van der Waals surface area contributed by atoms with Crippen LogP contribution < -0.4 is 0 Å². The molecule has 0 atom stereocenters. The Bertz CT molecular complexity index is 412. The first-order chi connectivity index (χ1) is 7.25. The Labute approximate surface area is 95.6 Å². The standard InChI is InChI=1S/C14H16S/c1-11(2)14-9-13(10-15-14)8-12-6-4-3-5-7-12/h3-7,9-11H,8H2,1-2H3. The molecule has 1 heteroatoms. The van der Waals surface area contributed by atoms with Gasteiger partial charge in [-0.25, -0.2) is 0 Å². The number of rotatable bonds is 3. The molecule has 0 radical (unpaired) electrons. The monoisotopic (exact) mass is 216 g/mol. The van der Waals surface area contributed by atoms with Crippen molar-refractivity contribution in [3.8, 4) is 0 Å². The predicted octanol–water partition coefficient (Wildman–Crippen LogP) is 4.46. The fourth-order valence-electron chi connectivity index (χ4n) is 1.62. The molecule has 0 fully saturated rings. The smallest absolute Gasteiger partial charge is 0.00736 e. The highest BCUT2D eigenvalue weighted by atomic mass is 32.1. The molecule has 0 aliphatic heterocycles. The van der Waals surface area contributed by atoms with Crippen LogP contribution in [-0.2, 0) is 6.42 Å². The summed E-state index contributed by atoms with van der Waals surface area (Å²) in [5, 5.41) is 2.28. The summed E-state index contributed by atoms with van der Waals surface area (Å²) >= 11 is 1.88. The minimum Gasteiger partial charge on any atom is -0.148 e. The summed E-state index contributed by atoms with van der Waals surface area (Å²) < 4.78 is 0. The third-order valence-electron chi connectivity index (χ3n) is 2.49. The van der Waals surface area contributed by atoms with Crippen LogP contribution >= 0.6 is 11.3 Å². The molecule has 1 aromatic heterocycles. The van der Waals surface area contributed by atoms with Crippen molar-refractivity contribution < 1.29 is 0 Å². The fourth-order valence-corrected chi connectivity index (χ4v) is 2.55. The number of thiophene rings is 1. The van der Waals surface area contributed by atoms with Gasteiger partial charge in [0.05, 0.1) is 0 Å². The quantitative estimate of drug-likeness (QED) is 0.710. The van der Waals surface area contributed by atoms with Crippen molar-refractivity contribution >= 4 is 11.3 Å². The van der Waals surface area contributed by atoms with Gasteiger partial charge < -0.3 is 0 Å². The first-order valence-electron chi connectivity index (χ1n) is 5.37. The van der Waals surface area contributed by atoms with Gasteiger partial charge in [-0.3, -0.25) is 0 Å². The lowest BCUT2D eigenvalue weighted by atomic mass is 10.1. The molecule has 2 rings (SSSR count). The minimum absolute atomic E-state index is 0.652. The summed E-state index contributed by atoms with van der Waals surface area (Å²) in [5.41, 5.74) is 2.83. The van der Waals surface area contributed by atoms with Crippen LogP contribution in [0.15, 0.2) is 41.8 Å². The SMILES string of the molecule is CC(C)c1cc(Cc2ccccc2)cs1. The van der Waals surface area contributed by atoms with E-state index in [2.05, 4.69) is 55.6 Å². The van der Waals surface area contributed by atoms with E-state index in [-0.39, 0.29) is 0 Å². The maximum Gasteiger partial charge on any atom is 0.00736 e. The van der Waals surface area contributed by atoms with Crippen molar-refractivity contribution in [2.75, 3.05) is 0 Å². The first kappa shape index (κ1) is 10.4. The zero-order valence-corrected chi connectivity index (χ0v) is 10.1. The summed E-state index contributed by atoms with van der Waals surface area (Å²) in [6.45, 7) is 4.50. The molecule has 15 heavy (non-hydrogen) atoms. The van der Waals surface area contributed by atoms with Crippen molar-refractivity contribution in [3.63, 3.8) is 0 Å². The lowest BCUT2D eigenvalue weighted by Gasteiger charge is -1.99. The van der Waals surface area contributed by atoms with Gasteiger partial charge in [0.2, 0.25) is 0 Å². The predicted molar refractivity (Wildman–Crippen MR) is 67.7 cm³/mol. The normalized spacial score (nSPS) is 10.9. The third-order valence-corrected chi connectivity index (χ3v) is 3.78. The maximum atomic E-state index is 2.34. The van der Waals surface area contributed by atoms with Gasteiger partial charge in [-0.2, -0.15) is 0 Å². The van der Waals surface area contributed by atoms with E-state index >= 15 is 0 Å². The third kappa shape index (κ3) is 2.69. The van der Waals surface area contributed by atoms with E-state index < -0.39 is 0 Å². The van der Waals surface area contributed by atoms with Crippen LogP contribution in [0.4, 0.5) is 0 Å². The Morgan fingerprint density at radius 1 is 1.07 bits per heavy atom. The summed E-state index contributed by atoms with van der Waals surface area (Å²) in [5.74, 6) is 0.652. The van der Waals surface area contributed by atoms with Gasteiger partial charge in [-0.05, 0) is 34.9 Å². The van der Waals surface area contributed by atoms with Gasteiger partial charge in [0.25, 0.3) is 0 Å². The van der Waals surface area contributed by atoms with Gasteiger partial charge in [-0.15, -0.1) is 11.3 Å². The Balaban J connectivity index is 2.12. The molecule has 0 aliphatic rings. The van der Waals surface area contributed by atoms with Crippen molar-refractivity contribution in [3.05, 3.63) is 57.8 Å². The Hall–Kier alpha value is -1.08. The molecule has 0 bridgehead atoms. The largest absolute Gasteiger partial charge is 0.148 e. The van der Waals surface area contributed by atoms with Crippen LogP contribution in [0.3, 0.4) is 0 Å². The van der Waals surface area contributed by atoms with E-state index in [4.69, 9.17) is 0 Å². The Kier molecular flexibility index (Phi) is 3.22.